The van der Waals surface area contributed by atoms with E-state index in [1.165, 1.54) is 35.1 Å². The van der Waals surface area contributed by atoms with Crippen LogP contribution in [0.4, 0.5) is 0 Å². The molecule has 0 aliphatic carbocycles. The Hall–Kier alpha value is -1.04. The van der Waals surface area contributed by atoms with Crippen molar-refractivity contribution in [3.63, 3.8) is 0 Å². The molecule has 0 radical (unpaired) electrons. The van der Waals surface area contributed by atoms with Gasteiger partial charge in [0.2, 0.25) is 0 Å². The summed E-state index contributed by atoms with van der Waals surface area (Å²) in [4.78, 5) is 11.5. The number of nitrogens with one attached hydrogen (secondary N) is 1. The van der Waals surface area contributed by atoms with Gasteiger partial charge in [0, 0.05) is 35.7 Å². The normalized spacial score (nSPS) is 19.3. The maximum absolute atomic E-state index is 5.76. The highest BCUT2D eigenvalue weighted by Gasteiger charge is 2.15. The summed E-state index contributed by atoms with van der Waals surface area (Å²) in [6.45, 7) is 8.97. The number of rotatable bonds is 4. The molecule has 114 valence electrons. The number of hydrogen-bond acceptors (Lipinski definition) is 5. The first-order valence-corrected chi connectivity index (χ1v) is 8.52. The first kappa shape index (κ1) is 14.9. The minimum Gasteiger partial charge on any atom is -0.377 e. The van der Waals surface area contributed by atoms with Gasteiger partial charge in [0.15, 0.2) is 0 Å². The number of aromatic nitrogens is 2. The van der Waals surface area contributed by atoms with Crippen molar-refractivity contribution >= 4 is 21.6 Å². The van der Waals surface area contributed by atoms with Crippen LogP contribution in [-0.2, 0) is 11.3 Å². The van der Waals surface area contributed by atoms with Gasteiger partial charge in [0.1, 0.15) is 10.7 Å². The summed E-state index contributed by atoms with van der Waals surface area (Å²) in [6, 6.07) is 0. The average Bonchev–Trinajstić information content (AvgIpc) is 2.76. The van der Waals surface area contributed by atoms with E-state index in [4.69, 9.17) is 4.74 Å². The van der Waals surface area contributed by atoms with Crippen molar-refractivity contribution in [2.45, 2.75) is 52.7 Å². The third kappa shape index (κ3) is 3.25. The molecule has 2 aromatic heterocycles. The fraction of sp³-hybridized carbons (Fsp3) is 0.625. The zero-order chi connectivity index (χ0) is 14.8. The molecule has 0 bridgehead atoms. The summed E-state index contributed by atoms with van der Waals surface area (Å²) in [6.07, 6.45) is 4.07. The molecule has 5 heteroatoms. The largest absolute Gasteiger partial charge is 0.377 e. The Morgan fingerprint density at radius 3 is 2.86 bits per heavy atom. The van der Waals surface area contributed by atoms with Crippen LogP contribution in [0.15, 0.2) is 0 Å². The van der Waals surface area contributed by atoms with E-state index in [0.717, 1.165) is 36.0 Å². The van der Waals surface area contributed by atoms with Crippen LogP contribution in [0.3, 0.4) is 0 Å². The van der Waals surface area contributed by atoms with Crippen molar-refractivity contribution in [2.75, 3.05) is 13.2 Å². The quantitative estimate of drug-likeness (QED) is 0.941. The summed E-state index contributed by atoms with van der Waals surface area (Å²) in [5, 5.41) is 4.78. The molecule has 3 heterocycles. The van der Waals surface area contributed by atoms with Crippen molar-refractivity contribution in [1.29, 1.82) is 0 Å². The summed E-state index contributed by atoms with van der Waals surface area (Å²) in [5.41, 5.74) is 2.41. The first-order chi connectivity index (χ1) is 10.1. The Balaban J connectivity index is 1.69. The van der Waals surface area contributed by atoms with E-state index in [1.54, 1.807) is 11.3 Å². The fourth-order valence-corrected chi connectivity index (χ4v) is 4.25. The highest BCUT2D eigenvalue weighted by atomic mass is 32.1. The summed E-state index contributed by atoms with van der Waals surface area (Å²) in [7, 11) is 0. The molecule has 1 unspecified atom stereocenters. The van der Waals surface area contributed by atoms with Crippen LogP contribution in [0.1, 0.15) is 41.2 Å². The predicted octanol–water partition coefficient (Wildman–Crippen LogP) is 3.28. The topological polar surface area (TPSA) is 47.0 Å². The monoisotopic (exact) mass is 305 g/mol. The predicted molar refractivity (Wildman–Crippen MR) is 86.9 cm³/mol. The van der Waals surface area contributed by atoms with E-state index in [1.807, 2.05) is 6.92 Å². The van der Waals surface area contributed by atoms with Gasteiger partial charge in [0.05, 0.1) is 6.10 Å². The lowest BCUT2D eigenvalue weighted by atomic mass is 10.1. The molecule has 3 rings (SSSR count). The van der Waals surface area contributed by atoms with E-state index in [-0.39, 0.29) is 0 Å². The third-order valence-corrected chi connectivity index (χ3v) is 5.30. The summed E-state index contributed by atoms with van der Waals surface area (Å²) >= 11 is 1.78. The van der Waals surface area contributed by atoms with Crippen molar-refractivity contribution < 1.29 is 4.74 Å². The number of ether oxygens (including phenoxy) is 1. The van der Waals surface area contributed by atoms with Crippen LogP contribution in [0, 0.1) is 20.8 Å². The maximum Gasteiger partial charge on any atom is 0.127 e. The maximum atomic E-state index is 5.76. The lowest BCUT2D eigenvalue weighted by Crippen LogP contribution is -2.31. The van der Waals surface area contributed by atoms with Gasteiger partial charge >= 0.3 is 0 Å². The number of nitrogens with zero attached hydrogens (tertiary/aromatic N) is 2. The molecule has 0 spiro atoms. The molecule has 0 aromatic carbocycles. The van der Waals surface area contributed by atoms with E-state index in [2.05, 4.69) is 29.1 Å². The van der Waals surface area contributed by atoms with Gasteiger partial charge in [-0.1, -0.05) is 0 Å². The molecular formula is C16H23N3OS. The Bertz CT molecular complexity index is 632. The van der Waals surface area contributed by atoms with E-state index in [0.29, 0.717) is 6.10 Å². The Morgan fingerprint density at radius 1 is 1.24 bits per heavy atom. The van der Waals surface area contributed by atoms with Crippen LogP contribution < -0.4 is 5.32 Å². The lowest BCUT2D eigenvalue weighted by molar-refractivity contribution is 0.0168. The van der Waals surface area contributed by atoms with Gasteiger partial charge in [-0.15, -0.1) is 11.3 Å². The first-order valence-electron chi connectivity index (χ1n) is 7.70. The molecule has 1 aliphatic rings. The molecule has 1 fully saturated rings. The van der Waals surface area contributed by atoms with Crippen LogP contribution >= 0.6 is 11.3 Å². The van der Waals surface area contributed by atoms with E-state index < -0.39 is 0 Å². The minimum absolute atomic E-state index is 0.386. The molecule has 4 nitrogen and oxygen atoms in total. The molecule has 1 atom stereocenters. The van der Waals surface area contributed by atoms with Gasteiger partial charge in [-0.2, -0.15) is 0 Å². The summed E-state index contributed by atoms with van der Waals surface area (Å²) in [5.74, 6) is 0.858. The molecule has 1 aliphatic heterocycles. The summed E-state index contributed by atoms with van der Waals surface area (Å²) < 4.78 is 5.76. The third-order valence-electron chi connectivity index (χ3n) is 4.11. The molecule has 21 heavy (non-hydrogen) atoms. The van der Waals surface area contributed by atoms with E-state index >= 15 is 0 Å². The highest BCUT2D eigenvalue weighted by molar-refractivity contribution is 7.18. The van der Waals surface area contributed by atoms with Crippen molar-refractivity contribution in [3.8, 4) is 0 Å². The van der Waals surface area contributed by atoms with Gasteiger partial charge in [0.25, 0.3) is 0 Å². The van der Waals surface area contributed by atoms with Gasteiger partial charge in [-0.3, -0.25) is 0 Å². The Kier molecular flexibility index (Phi) is 4.52. The zero-order valence-corrected chi connectivity index (χ0v) is 13.8. The van der Waals surface area contributed by atoms with Crippen molar-refractivity contribution in [1.82, 2.24) is 15.3 Å². The van der Waals surface area contributed by atoms with Gasteiger partial charge in [-0.25, -0.2) is 9.97 Å². The smallest absolute Gasteiger partial charge is 0.127 e. The second-order valence-electron chi connectivity index (χ2n) is 5.81. The number of fused-ring (bicyclic) bond motifs is 1. The van der Waals surface area contributed by atoms with Gasteiger partial charge < -0.3 is 10.1 Å². The SMILES string of the molecule is Cc1nc(C)c2c(C)c(CNCC3CCCCO3)sc2n1. The Morgan fingerprint density at radius 2 is 2.10 bits per heavy atom. The van der Waals surface area contributed by atoms with Crippen molar-refractivity contribution in [3.05, 3.63) is 22.0 Å². The molecule has 0 saturated carbocycles. The van der Waals surface area contributed by atoms with Crippen LogP contribution in [-0.4, -0.2) is 29.2 Å². The second kappa shape index (κ2) is 6.38. The molecule has 0 amide bonds. The fourth-order valence-electron chi connectivity index (χ4n) is 3.00. The van der Waals surface area contributed by atoms with E-state index in [9.17, 15) is 0 Å². The minimum atomic E-state index is 0.386. The molecular weight excluding hydrogens is 282 g/mol. The van der Waals surface area contributed by atoms with Gasteiger partial charge in [-0.05, 0) is 45.6 Å². The molecule has 1 N–H and O–H groups in total. The van der Waals surface area contributed by atoms with Crippen LogP contribution in [0.25, 0.3) is 10.2 Å². The lowest BCUT2D eigenvalue weighted by Gasteiger charge is -2.22. The molecule has 1 saturated heterocycles. The second-order valence-corrected chi connectivity index (χ2v) is 6.89. The van der Waals surface area contributed by atoms with Crippen LogP contribution in [0.5, 0.6) is 0 Å². The number of thiophene rings is 1. The average molecular weight is 305 g/mol. The number of aryl methyl sites for hydroxylation is 3. The standard InChI is InChI=1S/C16H23N3OS/c1-10-14(9-17-8-13-6-4-5-7-20-13)21-16-15(10)11(2)18-12(3)19-16/h13,17H,4-9H2,1-3H3. The van der Waals surface area contributed by atoms with Crippen molar-refractivity contribution in [2.24, 2.45) is 0 Å². The number of hydrogen-bond donors (Lipinski definition) is 1. The van der Waals surface area contributed by atoms with Crippen LogP contribution in [0.2, 0.25) is 0 Å². The Labute approximate surface area is 129 Å². The zero-order valence-electron chi connectivity index (χ0n) is 13.0. The molecule has 2 aromatic rings. The highest BCUT2D eigenvalue weighted by Crippen LogP contribution is 2.31.